The maximum absolute atomic E-state index is 5.84. The SMILES string of the molecule is Cn1ccnc1Sc1nc(Cl)nc2nc[nH]c12. The van der Waals surface area contributed by atoms with Gasteiger partial charge in [-0.15, -0.1) is 0 Å². The number of aromatic amines is 1. The molecule has 0 aromatic carbocycles. The average Bonchev–Trinajstić information content (AvgIpc) is 2.88. The summed E-state index contributed by atoms with van der Waals surface area (Å²) in [7, 11) is 1.92. The molecule has 0 bridgehead atoms. The largest absolute Gasteiger partial charge is 0.341 e. The van der Waals surface area contributed by atoms with Crippen molar-refractivity contribution < 1.29 is 0 Å². The molecule has 0 saturated carbocycles. The molecule has 3 rings (SSSR count). The van der Waals surface area contributed by atoms with Crippen molar-refractivity contribution in [1.82, 2.24) is 29.5 Å². The molecule has 0 aliphatic heterocycles. The monoisotopic (exact) mass is 266 g/mol. The minimum Gasteiger partial charge on any atom is -0.341 e. The van der Waals surface area contributed by atoms with Gasteiger partial charge >= 0.3 is 0 Å². The Balaban J connectivity index is 2.11. The molecule has 86 valence electrons. The predicted molar refractivity (Wildman–Crippen MR) is 64.0 cm³/mol. The number of hydrogen-bond acceptors (Lipinski definition) is 5. The summed E-state index contributed by atoms with van der Waals surface area (Å²) in [6.45, 7) is 0. The van der Waals surface area contributed by atoms with E-state index in [1.54, 1.807) is 12.5 Å². The van der Waals surface area contributed by atoms with Crippen LogP contribution in [-0.2, 0) is 7.05 Å². The third-order valence-electron chi connectivity index (χ3n) is 2.19. The molecule has 0 fully saturated rings. The van der Waals surface area contributed by atoms with Gasteiger partial charge in [0.05, 0.1) is 6.33 Å². The van der Waals surface area contributed by atoms with Gasteiger partial charge in [0.25, 0.3) is 0 Å². The van der Waals surface area contributed by atoms with E-state index in [1.165, 1.54) is 11.8 Å². The lowest BCUT2D eigenvalue weighted by atomic mass is 10.6. The molecule has 3 aromatic rings. The number of halogens is 1. The van der Waals surface area contributed by atoms with Gasteiger partial charge in [-0.2, -0.15) is 4.98 Å². The Morgan fingerprint density at radius 2 is 2.24 bits per heavy atom. The van der Waals surface area contributed by atoms with Gasteiger partial charge in [-0.05, 0) is 23.4 Å². The third-order valence-corrected chi connectivity index (χ3v) is 3.42. The molecule has 3 heterocycles. The third kappa shape index (κ3) is 1.87. The minimum absolute atomic E-state index is 0.182. The molecule has 0 spiro atoms. The van der Waals surface area contributed by atoms with Crippen LogP contribution in [0.25, 0.3) is 11.2 Å². The Morgan fingerprint density at radius 1 is 1.35 bits per heavy atom. The van der Waals surface area contributed by atoms with Crippen LogP contribution in [0.15, 0.2) is 28.9 Å². The Bertz CT molecular complexity index is 675. The van der Waals surface area contributed by atoms with E-state index in [-0.39, 0.29) is 5.28 Å². The highest BCUT2D eigenvalue weighted by Crippen LogP contribution is 2.29. The number of H-pyrrole nitrogens is 1. The molecular weight excluding hydrogens is 260 g/mol. The van der Waals surface area contributed by atoms with Crippen molar-refractivity contribution >= 4 is 34.5 Å². The first-order valence-electron chi connectivity index (χ1n) is 4.76. The molecule has 3 aromatic heterocycles. The normalized spacial score (nSPS) is 11.2. The Kier molecular flexibility index (Phi) is 2.49. The van der Waals surface area contributed by atoms with Crippen LogP contribution in [0, 0.1) is 0 Å². The second kappa shape index (κ2) is 4.01. The van der Waals surface area contributed by atoms with Crippen molar-refractivity contribution in [3.05, 3.63) is 24.0 Å². The summed E-state index contributed by atoms with van der Waals surface area (Å²) in [5, 5.41) is 1.73. The molecule has 1 N–H and O–H groups in total. The van der Waals surface area contributed by atoms with Crippen LogP contribution >= 0.6 is 23.4 Å². The molecule has 0 atom stereocenters. The quantitative estimate of drug-likeness (QED) is 0.566. The van der Waals surface area contributed by atoms with Gasteiger partial charge in [0.2, 0.25) is 5.28 Å². The topological polar surface area (TPSA) is 72.3 Å². The van der Waals surface area contributed by atoms with Crippen LogP contribution in [0.5, 0.6) is 0 Å². The summed E-state index contributed by atoms with van der Waals surface area (Å²) in [4.78, 5) is 19.5. The summed E-state index contributed by atoms with van der Waals surface area (Å²) in [5.74, 6) is 0. The van der Waals surface area contributed by atoms with Crippen LogP contribution in [0.4, 0.5) is 0 Å². The first kappa shape index (κ1) is 10.5. The second-order valence-corrected chi connectivity index (χ2v) is 4.62. The molecule has 0 amide bonds. The molecule has 17 heavy (non-hydrogen) atoms. The van der Waals surface area contributed by atoms with Crippen LogP contribution in [0.1, 0.15) is 0 Å². The standard InChI is InChI=1S/C9H7ClN6S/c1-16-3-2-11-9(16)17-7-5-6(13-4-12-5)14-8(10)15-7/h2-4H,1H3,(H,12,13,14,15). The molecular formula is C9H7ClN6S. The zero-order valence-electron chi connectivity index (χ0n) is 8.75. The maximum atomic E-state index is 5.84. The van der Waals surface area contributed by atoms with Crippen LogP contribution in [-0.4, -0.2) is 29.5 Å². The van der Waals surface area contributed by atoms with Gasteiger partial charge in [-0.25, -0.2) is 15.0 Å². The van der Waals surface area contributed by atoms with Crippen LogP contribution in [0.3, 0.4) is 0 Å². The highest BCUT2D eigenvalue weighted by molar-refractivity contribution is 7.99. The zero-order valence-corrected chi connectivity index (χ0v) is 10.3. The first-order chi connectivity index (χ1) is 8.24. The van der Waals surface area contributed by atoms with E-state index < -0.39 is 0 Å². The van der Waals surface area contributed by atoms with Gasteiger partial charge < -0.3 is 9.55 Å². The van der Waals surface area contributed by atoms with E-state index in [9.17, 15) is 0 Å². The molecule has 8 heteroatoms. The lowest BCUT2D eigenvalue weighted by Gasteiger charge is -2.01. The minimum atomic E-state index is 0.182. The van der Waals surface area contributed by atoms with Gasteiger partial charge in [-0.1, -0.05) is 0 Å². The number of aromatic nitrogens is 6. The second-order valence-electron chi connectivity index (χ2n) is 3.32. The van der Waals surface area contributed by atoms with Crippen molar-refractivity contribution in [2.75, 3.05) is 0 Å². The fourth-order valence-corrected chi connectivity index (χ4v) is 2.48. The summed E-state index contributed by atoms with van der Waals surface area (Å²) < 4.78 is 1.91. The number of imidazole rings is 2. The fraction of sp³-hybridized carbons (Fsp3) is 0.111. The summed E-state index contributed by atoms with van der Waals surface area (Å²) in [5.41, 5.74) is 1.32. The zero-order chi connectivity index (χ0) is 11.8. The first-order valence-corrected chi connectivity index (χ1v) is 5.95. The molecule has 0 aliphatic carbocycles. The number of aryl methyl sites for hydroxylation is 1. The number of fused-ring (bicyclic) bond motifs is 1. The summed E-state index contributed by atoms with van der Waals surface area (Å²) in [6.07, 6.45) is 5.17. The van der Waals surface area contributed by atoms with E-state index in [0.29, 0.717) is 10.7 Å². The summed E-state index contributed by atoms with van der Waals surface area (Å²) >= 11 is 7.26. The molecule has 6 nitrogen and oxygen atoms in total. The smallest absolute Gasteiger partial charge is 0.225 e. The van der Waals surface area contributed by atoms with E-state index in [4.69, 9.17) is 11.6 Å². The number of rotatable bonds is 2. The van der Waals surface area contributed by atoms with E-state index >= 15 is 0 Å². The summed E-state index contributed by atoms with van der Waals surface area (Å²) in [6, 6.07) is 0. The number of nitrogens with zero attached hydrogens (tertiary/aromatic N) is 5. The van der Waals surface area contributed by atoms with Gasteiger partial charge in [-0.3, -0.25) is 0 Å². The average molecular weight is 267 g/mol. The fourth-order valence-electron chi connectivity index (χ4n) is 1.39. The highest BCUT2D eigenvalue weighted by Gasteiger charge is 2.12. The van der Waals surface area contributed by atoms with Crippen LogP contribution < -0.4 is 0 Å². The van der Waals surface area contributed by atoms with E-state index in [2.05, 4.69) is 24.9 Å². The Labute approximate surface area is 105 Å². The Morgan fingerprint density at radius 3 is 3.00 bits per heavy atom. The molecule has 0 unspecified atom stereocenters. The molecule has 0 aliphatic rings. The van der Waals surface area contributed by atoms with E-state index in [0.717, 1.165) is 10.7 Å². The lowest BCUT2D eigenvalue weighted by molar-refractivity contribution is 0.789. The lowest BCUT2D eigenvalue weighted by Crippen LogP contribution is -1.92. The van der Waals surface area contributed by atoms with Crippen LogP contribution in [0.2, 0.25) is 5.28 Å². The van der Waals surface area contributed by atoms with Gasteiger partial charge in [0, 0.05) is 19.4 Å². The number of nitrogens with one attached hydrogen (secondary N) is 1. The van der Waals surface area contributed by atoms with Crippen molar-refractivity contribution in [2.45, 2.75) is 10.2 Å². The number of hydrogen-bond donors (Lipinski definition) is 1. The Hall–Kier alpha value is -1.60. The highest BCUT2D eigenvalue weighted by atomic mass is 35.5. The van der Waals surface area contributed by atoms with Gasteiger partial charge in [0.15, 0.2) is 10.8 Å². The van der Waals surface area contributed by atoms with Crippen molar-refractivity contribution in [3.63, 3.8) is 0 Å². The van der Waals surface area contributed by atoms with Gasteiger partial charge in [0.1, 0.15) is 10.5 Å². The molecule has 0 saturated heterocycles. The van der Waals surface area contributed by atoms with Crippen molar-refractivity contribution in [3.8, 4) is 0 Å². The van der Waals surface area contributed by atoms with E-state index in [1.807, 2.05) is 17.8 Å². The molecule has 0 radical (unpaired) electrons. The van der Waals surface area contributed by atoms with Crippen molar-refractivity contribution in [2.24, 2.45) is 7.05 Å². The predicted octanol–water partition coefficient (Wildman–Crippen LogP) is 1.89. The maximum Gasteiger partial charge on any atom is 0.225 e. The van der Waals surface area contributed by atoms with Crippen molar-refractivity contribution in [1.29, 1.82) is 0 Å².